The summed E-state index contributed by atoms with van der Waals surface area (Å²) in [7, 11) is 0. The maximum Gasteiger partial charge on any atom is 0.219 e. The molecule has 0 bridgehead atoms. The van der Waals surface area contributed by atoms with E-state index in [2.05, 4.69) is 5.32 Å². The average molecular weight is 291 g/mol. The average Bonchev–Trinajstić information content (AvgIpc) is 2.45. The van der Waals surface area contributed by atoms with Crippen LogP contribution in [0, 0.1) is 11.7 Å². The van der Waals surface area contributed by atoms with Crippen molar-refractivity contribution in [3.05, 3.63) is 41.1 Å². The highest BCUT2D eigenvalue weighted by Crippen LogP contribution is 2.18. The molecule has 1 aromatic carbocycles. The molecule has 1 aliphatic heterocycles. The Balaban J connectivity index is 1.88. The minimum absolute atomic E-state index is 0.150. The van der Waals surface area contributed by atoms with Crippen LogP contribution in [0.25, 0.3) is 0 Å². The van der Waals surface area contributed by atoms with Crippen molar-refractivity contribution in [1.82, 2.24) is 10.2 Å². The molecule has 1 aliphatic rings. The normalized spacial score (nSPS) is 16.5. The molecule has 0 aromatic heterocycles. The topological polar surface area (TPSA) is 32.3 Å². The minimum atomic E-state index is -0.183. The van der Waals surface area contributed by atoms with Gasteiger partial charge in [-0.15, -0.1) is 0 Å². The molecule has 1 aromatic rings. The van der Waals surface area contributed by atoms with Crippen molar-refractivity contribution in [2.75, 3.05) is 13.1 Å². The molecule has 3 nitrogen and oxygen atoms in total. The second-order valence-corrected chi connectivity index (χ2v) is 6.01. The van der Waals surface area contributed by atoms with Crippen molar-refractivity contribution < 1.29 is 9.18 Å². The number of hydrogen-bond donors (Lipinski definition) is 1. The molecule has 115 valence electrons. The lowest BCUT2D eigenvalue weighted by Crippen LogP contribution is -2.43. The highest BCUT2D eigenvalue weighted by molar-refractivity contribution is 5.73. The predicted molar refractivity (Wildman–Crippen MR) is 82.2 cm³/mol. The van der Waals surface area contributed by atoms with Crippen molar-refractivity contribution >= 4 is 5.91 Å². The first-order valence-electron chi connectivity index (χ1n) is 7.54. The Morgan fingerprint density at radius 2 is 1.90 bits per heavy atom. The predicted octanol–water partition coefficient (Wildman–Crippen LogP) is 2.89. The van der Waals surface area contributed by atoms with Gasteiger partial charge in [-0.05, 0) is 42.0 Å². The van der Waals surface area contributed by atoms with Gasteiger partial charge < -0.3 is 10.2 Å². The number of likely N-dealkylation sites (tertiary alicyclic amines) is 1. The van der Waals surface area contributed by atoms with E-state index in [-0.39, 0.29) is 11.7 Å². The van der Waals surface area contributed by atoms with E-state index in [4.69, 9.17) is 0 Å². The molecule has 1 heterocycles. The minimum Gasteiger partial charge on any atom is -0.343 e. The van der Waals surface area contributed by atoms with E-state index in [9.17, 15) is 9.18 Å². The third kappa shape index (κ3) is 4.53. The van der Waals surface area contributed by atoms with Crippen LogP contribution < -0.4 is 5.32 Å². The van der Waals surface area contributed by atoms with Crippen LogP contribution in [0.1, 0.15) is 44.7 Å². The summed E-state index contributed by atoms with van der Waals surface area (Å²) in [5.74, 6) is 1.08. The summed E-state index contributed by atoms with van der Waals surface area (Å²) < 4.78 is 13.6. The fraction of sp³-hybridized carbons (Fsp3) is 0.529. The number of nitrogens with one attached hydrogen (secondary N) is 1. The van der Waals surface area contributed by atoms with Crippen molar-refractivity contribution in [3.63, 3.8) is 0 Å². The van der Waals surface area contributed by atoms with Gasteiger partial charge in [-0.1, -0.05) is 19.9 Å². The van der Waals surface area contributed by atoms with Gasteiger partial charge in [0.05, 0.1) is 0 Å². The van der Waals surface area contributed by atoms with Gasteiger partial charge in [-0.25, -0.2) is 4.39 Å². The molecule has 1 radical (unpaired) electrons. The van der Waals surface area contributed by atoms with Crippen LogP contribution in [0.2, 0.25) is 0 Å². The highest BCUT2D eigenvalue weighted by atomic mass is 19.1. The van der Waals surface area contributed by atoms with E-state index in [1.807, 2.05) is 24.8 Å². The first-order valence-corrected chi connectivity index (χ1v) is 7.54. The van der Waals surface area contributed by atoms with Gasteiger partial charge in [-0.2, -0.15) is 0 Å². The Kier molecular flexibility index (Phi) is 5.34. The Bertz CT molecular complexity index is 494. The fourth-order valence-electron chi connectivity index (χ4n) is 2.70. The van der Waals surface area contributed by atoms with Crippen molar-refractivity contribution in [2.45, 2.75) is 46.2 Å². The second kappa shape index (κ2) is 7.03. The van der Waals surface area contributed by atoms with E-state index >= 15 is 0 Å². The van der Waals surface area contributed by atoms with Gasteiger partial charge >= 0.3 is 0 Å². The quantitative estimate of drug-likeness (QED) is 0.925. The Labute approximate surface area is 126 Å². The molecule has 1 saturated heterocycles. The molecular formula is C17H24FN2O. The monoisotopic (exact) mass is 291 g/mol. The number of hydrogen-bond acceptors (Lipinski definition) is 2. The first kappa shape index (κ1) is 16.0. The van der Waals surface area contributed by atoms with E-state index in [1.54, 1.807) is 19.1 Å². The lowest BCUT2D eigenvalue weighted by atomic mass is 10.00. The smallest absolute Gasteiger partial charge is 0.219 e. The highest BCUT2D eigenvalue weighted by Gasteiger charge is 2.20. The summed E-state index contributed by atoms with van der Waals surface area (Å²) in [6, 6.07) is 5.60. The zero-order valence-corrected chi connectivity index (χ0v) is 13.1. The number of benzene rings is 1. The molecule has 1 fully saturated rings. The number of rotatable bonds is 4. The van der Waals surface area contributed by atoms with Crippen LogP contribution in [0.4, 0.5) is 4.39 Å². The zero-order chi connectivity index (χ0) is 15.4. The standard InChI is InChI=1S/C17H24FN2O/c1-12(2)15-8-14(9-16(18)10-15)11-19-17-4-6-20(7-5-17)13(3)21/h8-10,17,19H,4-7,11H2,1-3H3. The van der Waals surface area contributed by atoms with Gasteiger partial charge in [0.15, 0.2) is 0 Å². The Morgan fingerprint density at radius 3 is 2.48 bits per heavy atom. The molecule has 0 saturated carbocycles. The van der Waals surface area contributed by atoms with Crippen LogP contribution in [0.3, 0.4) is 0 Å². The molecule has 1 amide bonds. The van der Waals surface area contributed by atoms with Crippen LogP contribution in [-0.2, 0) is 11.3 Å². The molecule has 0 spiro atoms. The molecule has 0 aliphatic carbocycles. The molecule has 4 heteroatoms. The first-order chi connectivity index (χ1) is 9.95. The summed E-state index contributed by atoms with van der Waals surface area (Å²) in [5, 5.41) is 3.48. The van der Waals surface area contributed by atoms with Crippen LogP contribution in [0.15, 0.2) is 18.2 Å². The molecule has 2 rings (SSSR count). The summed E-state index contributed by atoms with van der Waals surface area (Å²) in [6.45, 7) is 7.88. The lowest BCUT2D eigenvalue weighted by molar-refractivity contribution is -0.129. The van der Waals surface area contributed by atoms with E-state index < -0.39 is 0 Å². The van der Waals surface area contributed by atoms with E-state index in [0.29, 0.717) is 12.6 Å². The van der Waals surface area contributed by atoms with Gasteiger partial charge in [0.25, 0.3) is 0 Å². The summed E-state index contributed by atoms with van der Waals surface area (Å²) in [5.41, 5.74) is 1.93. The van der Waals surface area contributed by atoms with Crippen molar-refractivity contribution in [3.8, 4) is 0 Å². The van der Waals surface area contributed by atoms with Crippen LogP contribution in [-0.4, -0.2) is 29.9 Å². The largest absolute Gasteiger partial charge is 0.343 e. The molecule has 1 N–H and O–H groups in total. The van der Waals surface area contributed by atoms with Crippen LogP contribution >= 0.6 is 0 Å². The van der Waals surface area contributed by atoms with Gasteiger partial charge in [-0.3, -0.25) is 4.79 Å². The number of halogens is 1. The molecule has 21 heavy (non-hydrogen) atoms. The van der Waals surface area contributed by atoms with Crippen molar-refractivity contribution in [2.24, 2.45) is 0 Å². The Morgan fingerprint density at radius 1 is 1.24 bits per heavy atom. The lowest BCUT2D eigenvalue weighted by Gasteiger charge is -2.31. The molecule has 0 unspecified atom stereocenters. The summed E-state index contributed by atoms with van der Waals surface area (Å²) in [6.07, 6.45) is 1.92. The number of nitrogens with zero attached hydrogens (tertiary/aromatic N) is 1. The molecular weight excluding hydrogens is 267 g/mol. The maximum absolute atomic E-state index is 13.6. The van der Waals surface area contributed by atoms with Gasteiger partial charge in [0.1, 0.15) is 5.82 Å². The second-order valence-electron chi connectivity index (χ2n) is 6.01. The summed E-state index contributed by atoms with van der Waals surface area (Å²) >= 11 is 0. The maximum atomic E-state index is 13.6. The third-order valence-electron chi connectivity index (χ3n) is 4.07. The fourth-order valence-corrected chi connectivity index (χ4v) is 2.70. The van der Waals surface area contributed by atoms with E-state index in [0.717, 1.165) is 43.0 Å². The number of amides is 1. The van der Waals surface area contributed by atoms with Crippen molar-refractivity contribution in [1.29, 1.82) is 0 Å². The zero-order valence-electron chi connectivity index (χ0n) is 13.1. The van der Waals surface area contributed by atoms with Gasteiger partial charge in [0, 0.05) is 32.6 Å². The number of carbonyl (C=O) groups excluding carboxylic acids is 1. The third-order valence-corrected chi connectivity index (χ3v) is 4.07. The van der Waals surface area contributed by atoms with Crippen LogP contribution in [0.5, 0.6) is 0 Å². The number of carbonyl (C=O) groups is 1. The van der Waals surface area contributed by atoms with Gasteiger partial charge in [0.2, 0.25) is 5.91 Å². The SMILES string of the molecule is C[C](C)c1cc(F)cc(CNC2CCN(C(C)=O)CC2)c1. The summed E-state index contributed by atoms with van der Waals surface area (Å²) in [4.78, 5) is 13.2. The van der Waals surface area contributed by atoms with E-state index in [1.165, 1.54) is 0 Å². The molecule has 0 atom stereocenters. The Hall–Kier alpha value is -1.42. The number of piperidine rings is 1.